The highest BCUT2D eigenvalue weighted by Crippen LogP contribution is 2.21. The standard InChI is InChI=1S/C13H21N3O4/c1-13(2,3)12-14-10(15-20-12)7-16-4-5-19-8-9(16)6-11(17)18/h9H,4-8H2,1-3H3,(H,17,18). The number of carboxylic acids is 1. The number of carbonyl (C=O) groups is 1. The molecule has 0 radical (unpaired) electrons. The molecular formula is C13H21N3O4. The molecule has 1 aromatic heterocycles. The lowest BCUT2D eigenvalue weighted by molar-refractivity contribution is -0.140. The molecule has 2 heterocycles. The number of rotatable bonds is 4. The molecule has 1 fully saturated rings. The first-order valence-corrected chi connectivity index (χ1v) is 6.73. The third kappa shape index (κ3) is 3.77. The van der Waals surface area contributed by atoms with Crippen molar-refractivity contribution in [2.45, 2.75) is 45.2 Å². The highest BCUT2D eigenvalue weighted by atomic mass is 16.5. The Morgan fingerprint density at radius 3 is 2.85 bits per heavy atom. The number of aromatic nitrogens is 2. The molecule has 1 unspecified atom stereocenters. The maximum Gasteiger partial charge on any atom is 0.305 e. The molecule has 0 aliphatic carbocycles. The first kappa shape index (κ1) is 14.9. The van der Waals surface area contributed by atoms with E-state index in [2.05, 4.69) is 10.1 Å². The van der Waals surface area contributed by atoms with Gasteiger partial charge in [-0.15, -0.1) is 0 Å². The number of carboxylic acid groups (broad SMARTS) is 1. The monoisotopic (exact) mass is 283 g/mol. The topological polar surface area (TPSA) is 88.7 Å². The van der Waals surface area contributed by atoms with E-state index in [9.17, 15) is 4.79 Å². The van der Waals surface area contributed by atoms with E-state index >= 15 is 0 Å². The third-order valence-corrected chi connectivity index (χ3v) is 3.21. The number of hydrogen-bond acceptors (Lipinski definition) is 6. The van der Waals surface area contributed by atoms with Crippen LogP contribution in [0.4, 0.5) is 0 Å². The molecule has 1 aliphatic rings. The lowest BCUT2D eigenvalue weighted by Gasteiger charge is -2.33. The second-order valence-electron chi connectivity index (χ2n) is 6.06. The zero-order chi connectivity index (χ0) is 14.8. The van der Waals surface area contributed by atoms with Gasteiger partial charge in [0.05, 0.1) is 26.2 Å². The van der Waals surface area contributed by atoms with Gasteiger partial charge in [-0.1, -0.05) is 25.9 Å². The summed E-state index contributed by atoms with van der Waals surface area (Å²) in [6.07, 6.45) is 0.0595. The molecule has 1 aromatic rings. The smallest absolute Gasteiger partial charge is 0.305 e. The van der Waals surface area contributed by atoms with Crippen LogP contribution in [0.3, 0.4) is 0 Å². The van der Waals surface area contributed by atoms with E-state index in [1.54, 1.807) is 0 Å². The molecule has 2 rings (SSSR count). The summed E-state index contributed by atoms with van der Waals surface area (Å²) < 4.78 is 10.6. The van der Waals surface area contributed by atoms with Crippen LogP contribution in [-0.4, -0.2) is 51.9 Å². The van der Waals surface area contributed by atoms with Crippen LogP contribution in [0.15, 0.2) is 4.52 Å². The summed E-state index contributed by atoms with van der Waals surface area (Å²) in [6.45, 7) is 8.21. The van der Waals surface area contributed by atoms with Crippen LogP contribution in [0.2, 0.25) is 0 Å². The molecule has 112 valence electrons. The average molecular weight is 283 g/mol. The molecule has 0 saturated carbocycles. The van der Waals surface area contributed by atoms with E-state index in [1.807, 2.05) is 25.7 Å². The summed E-state index contributed by atoms with van der Waals surface area (Å²) >= 11 is 0. The Morgan fingerprint density at radius 1 is 1.50 bits per heavy atom. The summed E-state index contributed by atoms with van der Waals surface area (Å²) in [4.78, 5) is 17.3. The molecule has 0 amide bonds. The van der Waals surface area contributed by atoms with Gasteiger partial charge >= 0.3 is 5.97 Å². The van der Waals surface area contributed by atoms with Gasteiger partial charge in [-0.2, -0.15) is 4.98 Å². The molecule has 1 N–H and O–H groups in total. The average Bonchev–Trinajstić information content (AvgIpc) is 2.79. The zero-order valence-electron chi connectivity index (χ0n) is 12.1. The van der Waals surface area contributed by atoms with Gasteiger partial charge in [-0.25, -0.2) is 0 Å². The Labute approximate surface area is 117 Å². The van der Waals surface area contributed by atoms with Crippen LogP contribution in [0, 0.1) is 0 Å². The maximum atomic E-state index is 10.9. The van der Waals surface area contributed by atoms with Gasteiger partial charge in [0.15, 0.2) is 5.82 Å². The summed E-state index contributed by atoms with van der Waals surface area (Å²) in [5, 5.41) is 12.9. The number of morpholine rings is 1. The number of nitrogens with zero attached hydrogens (tertiary/aromatic N) is 3. The summed E-state index contributed by atoms with van der Waals surface area (Å²) in [5.41, 5.74) is -0.184. The minimum absolute atomic E-state index is 0.0595. The SMILES string of the molecule is CC(C)(C)c1nc(CN2CCOCC2CC(=O)O)no1. The van der Waals surface area contributed by atoms with Crippen molar-refractivity contribution >= 4 is 5.97 Å². The second kappa shape index (κ2) is 5.88. The minimum Gasteiger partial charge on any atom is -0.481 e. The Bertz CT molecular complexity index is 466. The van der Waals surface area contributed by atoms with Gasteiger partial charge in [0.2, 0.25) is 5.89 Å². The number of hydrogen-bond donors (Lipinski definition) is 1. The number of ether oxygens (including phenoxy) is 1. The Morgan fingerprint density at radius 2 is 2.25 bits per heavy atom. The van der Waals surface area contributed by atoms with E-state index in [-0.39, 0.29) is 17.9 Å². The lowest BCUT2D eigenvalue weighted by Crippen LogP contribution is -2.46. The van der Waals surface area contributed by atoms with Gasteiger partial charge in [0, 0.05) is 18.0 Å². The molecule has 20 heavy (non-hydrogen) atoms. The maximum absolute atomic E-state index is 10.9. The fourth-order valence-electron chi connectivity index (χ4n) is 2.09. The highest BCUT2D eigenvalue weighted by molar-refractivity contribution is 5.67. The molecule has 7 heteroatoms. The van der Waals surface area contributed by atoms with Crippen molar-refractivity contribution in [2.24, 2.45) is 0 Å². The lowest BCUT2D eigenvalue weighted by atomic mass is 9.97. The van der Waals surface area contributed by atoms with Crippen LogP contribution in [0.5, 0.6) is 0 Å². The van der Waals surface area contributed by atoms with Crippen LogP contribution < -0.4 is 0 Å². The van der Waals surface area contributed by atoms with Crippen LogP contribution >= 0.6 is 0 Å². The van der Waals surface area contributed by atoms with Gasteiger partial charge in [0.25, 0.3) is 0 Å². The Balaban J connectivity index is 2.03. The molecule has 1 saturated heterocycles. The molecule has 0 spiro atoms. The van der Waals surface area contributed by atoms with E-state index in [0.29, 0.717) is 38.0 Å². The quantitative estimate of drug-likeness (QED) is 0.883. The number of aliphatic carboxylic acids is 1. The Hall–Kier alpha value is -1.47. The Kier molecular flexibility index (Phi) is 4.39. The van der Waals surface area contributed by atoms with Crippen LogP contribution in [0.25, 0.3) is 0 Å². The minimum atomic E-state index is -0.825. The van der Waals surface area contributed by atoms with Crippen molar-refractivity contribution in [2.75, 3.05) is 19.8 Å². The van der Waals surface area contributed by atoms with Gasteiger partial charge in [-0.05, 0) is 0 Å². The first-order valence-electron chi connectivity index (χ1n) is 6.73. The van der Waals surface area contributed by atoms with Crippen molar-refractivity contribution in [3.63, 3.8) is 0 Å². The van der Waals surface area contributed by atoms with Gasteiger partial charge < -0.3 is 14.4 Å². The predicted molar refractivity (Wildman–Crippen MR) is 70.3 cm³/mol. The normalized spacial score (nSPS) is 21.1. The van der Waals surface area contributed by atoms with Gasteiger partial charge in [-0.3, -0.25) is 9.69 Å². The third-order valence-electron chi connectivity index (χ3n) is 3.21. The van der Waals surface area contributed by atoms with E-state index in [4.69, 9.17) is 14.4 Å². The largest absolute Gasteiger partial charge is 0.481 e. The second-order valence-corrected chi connectivity index (χ2v) is 6.06. The van der Waals surface area contributed by atoms with Crippen molar-refractivity contribution < 1.29 is 19.2 Å². The molecule has 1 atom stereocenters. The van der Waals surface area contributed by atoms with E-state index in [0.717, 1.165) is 0 Å². The highest BCUT2D eigenvalue weighted by Gasteiger charge is 2.28. The molecule has 0 aromatic carbocycles. The van der Waals surface area contributed by atoms with Crippen molar-refractivity contribution in [3.05, 3.63) is 11.7 Å². The predicted octanol–water partition coefficient (Wildman–Crippen LogP) is 1.04. The van der Waals surface area contributed by atoms with E-state index < -0.39 is 5.97 Å². The summed E-state index contributed by atoms with van der Waals surface area (Å²) in [6, 6.07) is -0.141. The summed E-state index contributed by atoms with van der Waals surface area (Å²) in [5.74, 6) is 0.358. The molecular weight excluding hydrogens is 262 g/mol. The van der Waals surface area contributed by atoms with Gasteiger partial charge in [0.1, 0.15) is 0 Å². The zero-order valence-corrected chi connectivity index (χ0v) is 12.1. The molecule has 7 nitrogen and oxygen atoms in total. The first-order chi connectivity index (χ1) is 9.36. The van der Waals surface area contributed by atoms with Crippen LogP contribution in [-0.2, 0) is 21.5 Å². The van der Waals surface area contributed by atoms with Crippen LogP contribution in [0.1, 0.15) is 38.9 Å². The fraction of sp³-hybridized carbons (Fsp3) is 0.769. The molecule has 1 aliphatic heterocycles. The summed E-state index contributed by atoms with van der Waals surface area (Å²) in [7, 11) is 0. The molecule has 0 bridgehead atoms. The van der Waals surface area contributed by atoms with Crippen molar-refractivity contribution in [1.82, 2.24) is 15.0 Å². The van der Waals surface area contributed by atoms with Crippen molar-refractivity contribution in [3.8, 4) is 0 Å². The van der Waals surface area contributed by atoms with Crippen molar-refractivity contribution in [1.29, 1.82) is 0 Å². The fourth-order valence-corrected chi connectivity index (χ4v) is 2.09. The van der Waals surface area contributed by atoms with E-state index in [1.165, 1.54) is 0 Å².